The van der Waals surface area contributed by atoms with E-state index in [2.05, 4.69) is 17.5 Å². The van der Waals surface area contributed by atoms with Crippen LogP contribution < -0.4 is 5.73 Å². The van der Waals surface area contributed by atoms with Gasteiger partial charge in [-0.2, -0.15) is 0 Å². The van der Waals surface area contributed by atoms with Crippen LogP contribution in [0.3, 0.4) is 0 Å². The van der Waals surface area contributed by atoms with Gasteiger partial charge in [0.1, 0.15) is 5.78 Å². The maximum Gasteiger partial charge on any atom is 0.140 e. The Bertz CT molecular complexity index is 518. The number of nitrogens with two attached hydrogens (primary N) is 1. The number of thiophene rings is 1. The fourth-order valence-corrected chi connectivity index (χ4v) is 2.91. The van der Waals surface area contributed by atoms with Gasteiger partial charge in [0, 0.05) is 17.0 Å². The fourth-order valence-electron chi connectivity index (χ4n) is 1.94. The van der Waals surface area contributed by atoms with Gasteiger partial charge in [-0.3, -0.25) is 4.79 Å². The molecule has 0 amide bonds. The lowest BCUT2D eigenvalue weighted by molar-refractivity contribution is -0.121. The smallest absolute Gasteiger partial charge is 0.140 e. The molecule has 1 atom stereocenters. The van der Waals surface area contributed by atoms with Crippen LogP contribution in [0.2, 0.25) is 0 Å². The molecule has 1 heterocycles. The van der Waals surface area contributed by atoms with E-state index in [9.17, 15) is 4.79 Å². The van der Waals surface area contributed by atoms with Crippen molar-refractivity contribution in [3.05, 3.63) is 35.2 Å². The van der Waals surface area contributed by atoms with Gasteiger partial charge in [0.2, 0.25) is 0 Å². The summed E-state index contributed by atoms with van der Waals surface area (Å²) in [6.45, 7) is 2.54. The van der Waals surface area contributed by atoms with E-state index in [4.69, 9.17) is 5.73 Å². The molecule has 1 aromatic heterocycles. The summed E-state index contributed by atoms with van der Waals surface area (Å²) in [5.41, 5.74) is 6.63. The van der Waals surface area contributed by atoms with E-state index in [0.29, 0.717) is 18.7 Å². The topological polar surface area (TPSA) is 43.1 Å². The summed E-state index contributed by atoms with van der Waals surface area (Å²) in [4.78, 5) is 12.0. The lowest BCUT2D eigenvalue weighted by Crippen LogP contribution is -2.17. The number of carbonyl (C=O) groups excluding carboxylic acids is 1. The highest BCUT2D eigenvalue weighted by molar-refractivity contribution is 7.17. The second-order valence-electron chi connectivity index (χ2n) is 4.38. The zero-order valence-electron chi connectivity index (χ0n) is 9.98. The molecule has 2 rings (SSSR count). The molecule has 90 valence electrons. The Hall–Kier alpha value is -1.19. The van der Waals surface area contributed by atoms with Crippen molar-refractivity contribution in [1.29, 1.82) is 0 Å². The molecule has 0 fully saturated rings. The lowest BCUT2D eigenvalue weighted by Gasteiger charge is -2.08. The summed E-state index contributed by atoms with van der Waals surface area (Å²) in [5, 5.41) is 3.31. The van der Waals surface area contributed by atoms with Gasteiger partial charge in [-0.15, -0.1) is 11.3 Å². The molecule has 2 nitrogen and oxygen atoms in total. The highest BCUT2D eigenvalue weighted by Gasteiger charge is 2.14. The van der Waals surface area contributed by atoms with Gasteiger partial charge in [0.05, 0.1) is 0 Å². The van der Waals surface area contributed by atoms with E-state index in [0.717, 1.165) is 12.0 Å². The molecule has 0 radical (unpaired) electrons. The SMILES string of the molecule is CC(CCN)C(=O)Cc1csc2ccccc12. The van der Waals surface area contributed by atoms with Crippen molar-refractivity contribution in [1.82, 2.24) is 0 Å². The molecule has 0 saturated heterocycles. The van der Waals surface area contributed by atoms with E-state index >= 15 is 0 Å². The highest BCUT2D eigenvalue weighted by atomic mass is 32.1. The van der Waals surface area contributed by atoms with Crippen molar-refractivity contribution >= 4 is 27.2 Å². The third kappa shape index (κ3) is 2.73. The molecule has 0 aliphatic carbocycles. The van der Waals surface area contributed by atoms with Crippen LogP contribution in [0.5, 0.6) is 0 Å². The second kappa shape index (κ2) is 5.43. The molecule has 2 N–H and O–H groups in total. The number of hydrogen-bond donors (Lipinski definition) is 1. The molecule has 0 saturated carbocycles. The summed E-state index contributed by atoms with van der Waals surface area (Å²) in [6.07, 6.45) is 1.31. The average Bonchev–Trinajstić information content (AvgIpc) is 2.73. The summed E-state index contributed by atoms with van der Waals surface area (Å²) >= 11 is 1.70. The molecule has 0 aliphatic rings. The van der Waals surface area contributed by atoms with Crippen LogP contribution in [0.4, 0.5) is 0 Å². The monoisotopic (exact) mass is 247 g/mol. The van der Waals surface area contributed by atoms with Crippen molar-refractivity contribution in [2.45, 2.75) is 19.8 Å². The molecular formula is C14H17NOS. The molecule has 3 heteroatoms. The van der Waals surface area contributed by atoms with Gasteiger partial charge in [-0.1, -0.05) is 25.1 Å². The van der Waals surface area contributed by atoms with Gasteiger partial charge in [0.15, 0.2) is 0 Å². The third-order valence-corrected chi connectivity index (χ3v) is 4.09. The maximum absolute atomic E-state index is 12.0. The van der Waals surface area contributed by atoms with Crippen molar-refractivity contribution in [3.63, 3.8) is 0 Å². The molecule has 0 spiro atoms. The number of carbonyl (C=O) groups is 1. The third-order valence-electron chi connectivity index (χ3n) is 3.08. The highest BCUT2D eigenvalue weighted by Crippen LogP contribution is 2.26. The molecule has 0 bridgehead atoms. The van der Waals surface area contributed by atoms with Crippen molar-refractivity contribution in [3.8, 4) is 0 Å². The quantitative estimate of drug-likeness (QED) is 0.882. The Labute approximate surface area is 105 Å². The van der Waals surface area contributed by atoms with Crippen LogP contribution in [0.1, 0.15) is 18.9 Å². The molecule has 0 aliphatic heterocycles. The van der Waals surface area contributed by atoms with Crippen LogP contribution in [0.25, 0.3) is 10.1 Å². The van der Waals surface area contributed by atoms with E-state index < -0.39 is 0 Å². The Balaban J connectivity index is 2.16. The maximum atomic E-state index is 12.0. The zero-order valence-corrected chi connectivity index (χ0v) is 10.8. The Kier molecular flexibility index (Phi) is 3.92. The Morgan fingerprint density at radius 2 is 2.18 bits per heavy atom. The molecule has 1 aromatic carbocycles. The number of Topliss-reactive ketones (excluding diaryl/α,β-unsaturated/α-hetero) is 1. The van der Waals surface area contributed by atoms with Crippen molar-refractivity contribution < 1.29 is 4.79 Å². The first-order chi connectivity index (χ1) is 8.22. The van der Waals surface area contributed by atoms with Gasteiger partial charge in [-0.25, -0.2) is 0 Å². The molecule has 1 unspecified atom stereocenters. The number of benzene rings is 1. The lowest BCUT2D eigenvalue weighted by atomic mass is 9.96. The number of fused-ring (bicyclic) bond motifs is 1. The normalized spacial score (nSPS) is 12.8. The van der Waals surface area contributed by atoms with Crippen LogP contribution >= 0.6 is 11.3 Å². The molecule has 17 heavy (non-hydrogen) atoms. The summed E-state index contributed by atoms with van der Waals surface area (Å²) < 4.78 is 1.25. The van der Waals surface area contributed by atoms with Crippen LogP contribution in [-0.4, -0.2) is 12.3 Å². The first-order valence-electron chi connectivity index (χ1n) is 5.90. The van der Waals surface area contributed by atoms with E-state index in [-0.39, 0.29) is 5.92 Å². The minimum atomic E-state index is 0.0682. The van der Waals surface area contributed by atoms with E-state index in [1.165, 1.54) is 10.1 Å². The van der Waals surface area contributed by atoms with E-state index in [1.807, 2.05) is 19.1 Å². The van der Waals surface area contributed by atoms with Crippen molar-refractivity contribution in [2.75, 3.05) is 6.54 Å². The van der Waals surface area contributed by atoms with Crippen LogP contribution in [-0.2, 0) is 11.2 Å². The predicted octanol–water partition coefficient (Wildman–Crippen LogP) is 3.00. The average molecular weight is 247 g/mol. The number of rotatable bonds is 5. The fraction of sp³-hybridized carbons (Fsp3) is 0.357. The standard InChI is InChI=1S/C14H17NOS/c1-10(6-7-15)13(16)8-11-9-17-14-5-3-2-4-12(11)14/h2-5,9-10H,6-8,15H2,1H3. The zero-order chi connectivity index (χ0) is 12.3. The van der Waals surface area contributed by atoms with Crippen molar-refractivity contribution in [2.24, 2.45) is 11.7 Å². The second-order valence-corrected chi connectivity index (χ2v) is 5.29. The predicted molar refractivity (Wildman–Crippen MR) is 73.4 cm³/mol. The number of ketones is 1. The van der Waals surface area contributed by atoms with Crippen LogP contribution in [0.15, 0.2) is 29.6 Å². The first-order valence-corrected chi connectivity index (χ1v) is 6.78. The Morgan fingerprint density at radius 1 is 1.41 bits per heavy atom. The van der Waals surface area contributed by atoms with Gasteiger partial charge in [-0.05, 0) is 35.4 Å². The van der Waals surface area contributed by atoms with Crippen LogP contribution in [0, 0.1) is 5.92 Å². The Morgan fingerprint density at radius 3 is 2.94 bits per heavy atom. The summed E-state index contributed by atoms with van der Waals surface area (Å²) in [6, 6.07) is 8.23. The molecular weight excluding hydrogens is 230 g/mol. The molecule has 2 aromatic rings. The largest absolute Gasteiger partial charge is 0.330 e. The number of hydrogen-bond acceptors (Lipinski definition) is 3. The first kappa shape index (κ1) is 12.3. The minimum absolute atomic E-state index is 0.0682. The summed E-state index contributed by atoms with van der Waals surface area (Å²) in [5.74, 6) is 0.359. The van der Waals surface area contributed by atoms with Gasteiger partial charge >= 0.3 is 0 Å². The summed E-state index contributed by atoms with van der Waals surface area (Å²) in [7, 11) is 0. The van der Waals surface area contributed by atoms with Gasteiger partial charge < -0.3 is 5.73 Å². The minimum Gasteiger partial charge on any atom is -0.330 e. The van der Waals surface area contributed by atoms with E-state index in [1.54, 1.807) is 11.3 Å². The van der Waals surface area contributed by atoms with Gasteiger partial charge in [0.25, 0.3) is 0 Å².